The number of carbonyl (C=O) groups is 1. The van der Waals surface area contributed by atoms with Crippen LogP contribution in [-0.2, 0) is 12.8 Å². The van der Waals surface area contributed by atoms with E-state index in [0.717, 1.165) is 61.6 Å². The van der Waals surface area contributed by atoms with E-state index in [9.17, 15) is 9.90 Å². The number of para-hydroxylation sites is 2. The second kappa shape index (κ2) is 8.46. The number of fused-ring (bicyclic) bond motifs is 4. The van der Waals surface area contributed by atoms with Gasteiger partial charge in [-0.1, -0.05) is 54.6 Å². The van der Waals surface area contributed by atoms with Crippen LogP contribution < -0.4 is 5.73 Å². The Labute approximate surface area is 201 Å². The molecule has 5 nitrogen and oxygen atoms in total. The SMILES string of the molecule is NCCc1c(Cc2cccc(C(=O)O)c2)[nH]c2ccc(-c3cccc4c3oc3ccccc34)cc12. The molecule has 0 amide bonds. The quantitative estimate of drug-likeness (QED) is 0.264. The lowest BCUT2D eigenvalue weighted by atomic mass is 9.97. The first kappa shape index (κ1) is 21.2. The summed E-state index contributed by atoms with van der Waals surface area (Å²) in [5.74, 6) is -0.921. The second-order valence-electron chi connectivity index (χ2n) is 8.84. The third kappa shape index (κ3) is 3.66. The van der Waals surface area contributed by atoms with Crippen LogP contribution in [0.2, 0.25) is 0 Å². The van der Waals surface area contributed by atoms with Crippen LogP contribution in [0.25, 0.3) is 44.0 Å². The topological polar surface area (TPSA) is 92.3 Å². The number of hydrogen-bond donors (Lipinski definition) is 3. The first-order chi connectivity index (χ1) is 17.1. The van der Waals surface area contributed by atoms with Crippen LogP contribution in [0, 0.1) is 0 Å². The molecule has 2 heterocycles. The van der Waals surface area contributed by atoms with E-state index in [-0.39, 0.29) is 0 Å². The molecule has 0 fully saturated rings. The zero-order valence-electron chi connectivity index (χ0n) is 19.0. The maximum absolute atomic E-state index is 11.4. The van der Waals surface area contributed by atoms with Crippen LogP contribution in [0.15, 0.2) is 89.3 Å². The van der Waals surface area contributed by atoms with E-state index in [1.807, 2.05) is 24.3 Å². The molecule has 0 aliphatic carbocycles. The van der Waals surface area contributed by atoms with Gasteiger partial charge >= 0.3 is 5.97 Å². The molecule has 0 aliphatic rings. The van der Waals surface area contributed by atoms with Gasteiger partial charge in [0.1, 0.15) is 11.2 Å². The Balaban J connectivity index is 1.47. The fourth-order valence-electron chi connectivity index (χ4n) is 5.04. The number of aromatic carboxylic acids is 1. The number of rotatable bonds is 6. The third-order valence-electron chi connectivity index (χ3n) is 6.66. The summed E-state index contributed by atoms with van der Waals surface area (Å²) in [6.07, 6.45) is 1.34. The molecule has 0 unspecified atom stereocenters. The van der Waals surface area contributed by atoms with Gasteiger partial charge in [-0.25, -0.2) is 4.79 Å². The van der Waals surface area contributed by atoms with Crippen molar-refractivity contribution in [2.75, 3.05) is 6.54 Å². The summed E-state index contributed by atoms with van der Waals surface area (Å²) in [6.45, 7) is 0.526. The molecule has 0 bridgehead atoms. The first-order valence-electron chi connectivity index (χ1n) is 11.7. The summed E-state index contributed by atoms with van der Waals surface area (Å²) in [6, 6.07) is 27.9. The number of H-pyrrole nitrogens is 1. The monoisotopic (exact) mass is 460 g/mol. The minimum Gasteiger partial charge on any atom is -0.478 e. The maximum Gasteiger partial charge on any atom is 0.335 e. The molecule has 6 aromatic rings. The Kier molecular flexibility index (Phi) is 5.12. The molecular weight excluding hydrogens is 436 g/mol. The number of carboxylic acids is 1. The van der Waals surface area contributed by atoms with Crippen molar-refractivity contribution in [3.05, 3.63) is 107 Å². The number of aromatic amines is 1. The lowest BCUT2D eigenvalue weighted by molar-refractivity contribution is 0.0696. The van der Waals surface area contributed by atoms with Gasteiger partial charge < -0.3 is 20.2 Å². The van der Waals surface area contributed by atoms with E-state index in [1.54, 1.807) is 18.2 Å². The number of nitrogens with two attached hydrogens (primary N) is 1. The summed E-state index contributed by atoms with van der Waals surface area (Å²) in [4.78, 5) is 15.0. The number of furan rings is 1. The maximum atomic E-state index is 11.4. The Bertz CT molecular complexity index is 1720. The minimum absolute atomic E-state index is 0.292. The van der Waals surface area contributed by atoms with Crippen molar-refractivity contribution in [3.63, 3.8) is 0 Å². The largest absolute Gasteiger partial charge is 0.478 e. The van der Waals surface area contributed by atoms with Gasteiger partial charge in [0.25, 0.3) is 0 Å². The van der Waals surface area contributed by atoms with Crippen LogP contribution in [0.5, 0.6) is 0 Å². The van der Waals surface area contributed by atoms with Crippen LogP contribution in [-0.4, -0.2) is 22.6 Å². The summed E-state index contributed by atoms with van der Waals surface area (Å²) >= 11 is 0. The number of nitrogens with one attached hydrogen (secondary N) is 1. The highest BCUT2D eigenvalue weighted by molar-refractivity contribution is 6.10. The molecule has 0 spiro atoms. The molecule has 35 heavy (non-hydrogen) atoms. The average molecular weight is 461 g/mol. The molecule has 6 rings (SSSR count). The third-order valence-corrected chi connectivity index (χ3v) is 6.66. The zero-order valence-corrected chi connectivity index (χ0v) is 19.0. The Morgan fingerprint density at radius 2 is 1.71 bits per heavy atom. The Morgan fingerprint density at radius 1 is 0.886 bits per heavy atom. The molecule has 2 aromatic heterocycles. The Morgan fingerprint density at radius 3 is 2.57 bits per heavy atom. The molecule has 0 saturated heterocycles. The van der Waals surface area contributed by atoms with Gasteiger partial charge in [-0.2, -0.15) is 0 Å². The average Bonchev–Trinajstić information content (AvgIpc) is 3.42. The molecule has 0 aliphatic heterocycles. The molecule has 172 valence electrons. The molecule has 0 atom stereocenters. The van der Waals surface area contributed by atoms with Gasteiger partial charge in [-0.15, -0.1) is 0 Å². The van der Waals surface area contributed by atoms with Crippen molar-refractivity contribution in [2.24, 2.45) is 5.73 Å². The van der Waals surface area contributed by atoms with Crippen molar-refractivity contribution >= 4 is 38.8 Å². The minimum atomic E-state index is -0.921. The van der Waals surface area contributed by atoms with Gasteiger partial charge in [-0.05, 0) is 60.0 Å². The van der Waals surface area contributed by atoms with E-state index >= 15 is 0 Å². The normalized spacial score (nSPS) is 11.6. The van der Waals surface area contributed by atoms with E-state index in [4.69, 9.17) is 10.2 Å². The number of hydrogen-bond acceptors (Lipinski definition) is 3. The van der Waals surface area contributed by atoms with Gasteiger partial charge in [0.2, 0.25) is 0 Å². The molecule has 0 saturated carbocycles. The highest BCUT2D eigenvalue weighted by Crippen LogP contribution is 2.37. The summed E-state index contributed by atoms with van der Waals surface area (Å²) < 4.78 is 6.27. The van der Waals surface area contributed by atoms with Gasteiger partial charge in [0, 0.05) is 39.4 Å². The number of aromatic nitrogens is 1. The molecule has 0 radical (unpaired) electrons. The Hall–Kier alpha value is -4.35. The lowest BCUT2D eigenvalue weighted by Gasteiger charge is -2.06. The van der Waals surface area contributed by atoms with Crippen LogP contribution >= 0.6 is 0 Å². The predicted molar refractivity (Wildman–Crippen MR) is 140 cm³/mol. The van der Waals surface area contributed by atoms with Crippen molar-refractivity contribution in [1.82, 2.24) is 4.98 Å². The van der Waals surface area contributed by atoms with Crippen LogP contribution in [0.3, 0.4) is 0 Å². The van der Waals surface area contributed by atoms with E-state index in [1.165, 1.54) is 5.56 Å². The van der Waals surface area contributed by atoms with E-state index in [2.05, 4.69) is 47.4 Å². The zero-order chi connectivity index (χ0) is 23.9. The van der Waals surface area contributed by atoms with Crippen molar-refractivity contribution in [3.8, 4) is 11.1 Å². The molecule has 4 N–H and O–H groups in total. The number of benzene rings is 4. The smallest absolute Gasteiger partial charge is 0.335 e. The number of carboxylic acid groups (broad SMARTS) is 1. The van der Waals surface area contributed by atoms with Crippen molar-refractivity contribution < 1.29 is 14.3 Å². The summed E-state index contributed by atoms with van der Waals surface area (Å²) in [7, 11) is 0. The molecule has 4 aromatic carbocycles. The molecular formula is C30H24N2O3. The standard InChI is InChI=1S/C30H24N2O3/c31-14-13-22-25-17-19(21-8-4-9-24-23-7-1-2-10-28(23)35-29(21)24)11-12-26(25)32-27(22)16-18-5-3-6-20(15-18)30(33)34/h1-12,15,17,32H,13-14,16,31H2,(H,33,34). The van der Waals surface area contributed by atoms with E-state index in [0.29, 0.717) is 18.5 Å². The fraction of sp³-hybridized carbons (Fsp3) is 0.100. The van der Waals surface area contributed by atoms with E-state index < -0.39 is 5.97 Å². The first-order valence-corrected chi connectivity index (χ1v) is 11.7. The second-order valence-corrected chi connectivity index (χ2v) is 8.84. The van der Waals surface area contributed by atoms with Gasteiger partial charge in [-0.3, -0.25) is 0 Å². The lowest BCUT2D eigenvalue weighted by Crippen LogP contribution is -2.05. The highest BCUT2D eigenvalue weighted by atomic mass is 16.4. The fourth-order valence-corrected chi connectivity index (χ4v) is 5.04. The van der Waals surface area contributed by atoms with Crippen molar-refractivity contribution in [1.29, 1.82) is 0 Å². The molecule has 5 heteroatoms. The summed E-state index contributed by atoms with van der Waals surface area (Å²) in [5, 5.41) is 12.7. The highest BCUT2D eigenvalue weighted by Gasteiger charge is 2.16. The van der Waals surface area contributed by atoms with Gasteiger partial charge in [0.15, 0.2) is 0 Å². The van der Waals surface area contributed by atoms with Gasteiger partial charge in [0.05, 0.1) is 5.56 Å². The van der Waals surface area contributed by atoms with Crippen LogP contribution in [0.4, 0.5) is 0 Å². The van der Waals surface area contributed by atoms with Crippen molar-refractivity contribution in [2.45, 2.75) is 12.8 Å². The summed E-state index contributed by atoms with van der Waals surface area (Å²) in [5.41, 5.74) is 14.4. The van der Waals surface area contributed by atoms with Crippen LogP contribution in [0.1, 0.15) is 27.2 Å². The predicted octanol–water partition coefficient (Wildman–Crippen LogP) is 6.52.